The molecule has 2 rings (SSSR count). The lowest BCUT2D eigenvalue weighted by Crippen LogP contribution is -2.58. The number of carbonyl (C=O) groups excluding carboxylic acids is 3. The van der Waals surface area contributed by atoms with Crippen LogP contribution in [0.25, 0.3) is 0 Å². The molecule has 138 valence electrons. The summed E-state index contributed by atoms with van der Waals surface area (Å²) in [6, 6.07) is -0.769. The third kappa shape index (κ3) is 3.78. The molecule has 0 bridgehead atoms. The number of hydrogen-bond donors (Lipinski definition) is 0. The minimum atomic E-state index is -0.487. The summed E-state index contributed by atoms with van der Waals surface area (Å²) in [6.45, 7) is 5.97. The van der Waals surface area contributed by atoms with E-state index in [2.05, 4.69) is 0 Å². The first-order chi connectivity index (χ1) is 11.8. The number of allylic oxidation sites excluding steroid dienone is 2. The van der Waals surface area contributed by atoms with Gasteiger partial charge in [0.05, 0.1) is 0 Å². The number of amides is 4. The molecule has 6 heteroatoms. The summed E-state index contributed by atoms with van der Waals surface area (Å²) >= 11 is 0. The van der Waals surface area contributed by atoms with Crippen LogP contribution in [0.4, 0.5) is 4.79 Å². The summed E-state index contributed by atoms with van der Waals surface area (Å²) < 4.78 is 0. The lowest BCUT2D eigenvalue weighted by atomic mass is 9.98. The van der Waals surface area contributed by atoms with Crippen LogP contribution in [0.15, 0.2) is 22.9 Å². The number of barbiturate groups is 1. The highest BCUT2D eigenvalue weighted by Gasteiger charge is 2.44. The lowest BCUT2D eigenvalue weighted by Gasteiger charge is -2.36. The molecule has 0 aromatic carbocycles. The van der Waals surface area contributed by atoms with Crippen molar-refractivity contribution < 1.29 is 14.4 Å². The van der Waals surface area contributed by atoms with Gasteiger partial charge in [0, 0.05) is 32.9 Å². The largest absolute Gasteiger partial charge is 0.383 e. The first-order valence-corrected chi connectivity index (χ1v) is 9.09. The molecule has 0 N–H and O–H groups in total. The zero-order valence-corrected chi connectivity index (χ0v) is 16.0. The van der Waals surface area contributed by atoms with Gasteiger partial charge in [-0.3, -0.25) is 19.4 Å². The van der Waals surface area contributed by atoms with E-state index < -0.39 is 17.8 Å². The fourth-order valence-electron chi connectivity index (χ4n) is 3.38. The van der Waals surface area contributed by atoms with Gasteiger partial charge in [0.2, 0.25) is 0 Å². The predicted molar refractivity (Wildman–Crippen MR) is 96.6 cm³/mol. The number of imide groups is 2. The average Bonchev–Trinajstić information content (AvgIpc) is 2.94. The molecule has 6 nitrogen and oxygen atoms in total. The smallest absolute Gasteiger partial charge is 0.334 e. The van der Waals surface area contributed by atoms with Crippen LogP contribution in [0.2, 0.25) is 0 Å². The second kappa shape index (κ2) is 7.85. The Bertz CT molecular complexity index is 632. The van der Waals surface area contributed by atoms with E-state index in [1.54, 1.807) is 13.8 Å². The Hall–Kier alpha value is -2.11. The second-order valence-electron chi connectivity index (χ2n) is 7.19. The van der Waals surface area contributed by atoms with Crippen LogP contribution in [0.3, 0.4) is 0 Å². The summed E-state index contributed by atoms with van der Waals surface area (Å²) in [5, 5.41) is 0. The zero-order chi connectivity index (χ0) is 18.7. The van der Waals surface area contributed by atoms with Gasteiger partial charge < -0.3 is 4.90 Å². The maximum atomic E-state index is 13.0. The molecule has 1 aliphatic carbocycles. The quantitative estimate of drug-likeness (QED) is 0.567. The zero-order valence-electron chi connectivity index (χ0n) is 16.0. The Balaban J connectivity index is 2.54. The van der Waals surface area contributed by atoms with Gasteiger partial charge >= 0.3 is 6.03 Å². The Kier molecular flexibility index (Phi) is 6.03. The van der Waals surface area contributed by atoms with Crippen LogP contribution in [-0.4, -0.2) is 59.2 Å². The molecular weight excluding hydrogens is 318 g/mol. The summed E-state index contributed by atoms with van der Waals surface area (Å²) in [4.78, 5) is 43.1. The first-order valence-electron chi connectivity index (χ1n) is 9.09. The molecule has 1 heterocycles. The standard InChI is InChI=1S/C19H29N3O3/c1-6-7-11-21-17(23)16(18(24)22(13(2)3)19(21)25)15-10-8-9-14(15)12-20(4)5/h12-13H,6-11H2,1-5H3/b14-12+,16-15-. The number of nitrogens with zero attached hydrogens (tertiary/aromatic N) is 3. The maximum Gasteiger partial charge on any atom is 0.334 e. The lowest BCUT2D eigenvalue weighted by molar-refractivity contribution is -0.137. The number of urea groups is 1. The van der Waals surface area contributed by atoms with Crippen LogP contribution in [0, 0.1) is 0 Å². The van der Waals surface area contributed by atoms with Gasteiger partial charge in [-0.15, -0.1) is 0 Å². The van der Waals surface area contributed by atoms with E-state index >= 15 is 0 Å². The van der Waals surface area contributed by atoms with Crippen molar-refractivity contribution in [3.05, 3.63) is 22.9 Å². The van der Waals surface area contributed by atoms with E-state index in [1.165, 1.54) is 9.80 Å². The molecule has 0 radical (unpaired) electrons. The highest BCUT2D eigenvalue weighted by Crippen LogP contribution is 2.36. The Morgan fingerprint density at radius 2 is 1.80 bits per heavy atom. The monoisotopic (exact) mass is 347 g/mol. The molecule has 0 atom stereocenters. The van der Waals surface area contributed by atoms with E-state index in [0.29, 0.717) is 13.0 Å². The van der Waals surface area contributed by atoms with E-state index in [-0.39, 0.29) is 11.6 Å². The second-order valence-corrected chi connectivity index (χ2v) is 7.19. The van der Waals surface area contributed by atoms with E-state index in [9.17, 15) is 14.4 Å². The molecule has 25 heavy (non-hydrogen) atoms. The van der Waals surface area contributed by atoms with Crippen LogP contribution >= 0.6 is 0 Å². The van der Waals surface area contributed by atoms with Crippen LogP contribution in [0.1, 0.15) is 52.9 Å². The number of rotatable bonds is 5. The van der Waals surface area contributed by atoms with Crippen molar-refractivity contribution in [1.29, 1.82) is 0 Å². The van der Waals surface area contributed by atoms with Gasteiger partial charge in [-0.25, -0.2) is 4.79 Å². The summed E-state index contributed by atoms with van der Waals surface area (Å²) in [7, 11) is 3.85. The number of hydrogen-bond acceptors (Lipinski definition) is 4. The molecule has 4 amide bonds. The van der Waals surface area contributed by atoms with Crippen molar-refractivity contribution in [2.75, 3.05) is 20.6 Å². The van der Waals surface area contributed by atoms with Crippen LogP contribution in [0.5, 0.6) is 0 Å². The third-order valence-corrected chi connectivity index (χ3v) is 4.56. The normalized spacial score (nSPS) is 23.4. The average molecular weight is 347 g/mol. The highest BCUT2D eigenvalue weighted by atomic mass is 16.2. The first kappa shape index (κ1) is 19.2. The molecular formula is C19H29N3O3. The van der Waals surface area contributed by atoms with E-state index in [4.69, 9.17) is 0 Å². The van der Waals surface area contributed by atoms with Gasteiger partial charge in [-0.2, -0.15) is 0 Å². The molecule has 2 aliphatic rings. The summed E-state index contributed by atoms with van der Waals surface area (Å²) in [5.41, 5.74) is 2.02. The van der Waals surface area contributed by atoms with Crippen LogP contribution < -0.4 is 0 Å². The Morgan fingerprint density at radius 3 is 2.36 bits per heavy atom. The third-order valence-electron chi connectivity index (χ3n) is 4.56. The molecule has 1 saturated heterocycles. The van der Waals surface area contributed by atoms with Crippen molar-refractivity contribution in [2.45, 2.75) is 58.9 Å². The van der Waals surface area contributed by atoms with Gasteiger partial charge in [-0.1, -0.05) is 13.3 Å². The van der Waals surface area contributed by atoms with Gasteiger partial charge in [0.25, 0.3) is 11.8 Å². The summed E-state index contributed by atoms with van der Waals surface area (Å²) in [6.07, 6.45) is 6.06. The highest BCUT2D eigenvalue weighted by molar-refractivity contribution is 6.29. The van der Waals surface area contributed by atoms with Crippen molar-refractivity contribution in [3.63, 3.8) is 0 Å². The number of carbonyl (C=O) groups is 3. The summed E-state index contributed by atoms with van der Waals surface area (Å²) in [5.74, 6) is -0.874. The fourth-order valence-corrected chi connectivity index (χ4v) is 3.38. The van der Waals surface area contributed by atoms with Crippen LogP contribution in [-0.2, 0) is 9.59 Å². The molecule has 0 aromatic heterocycles. The minimum absolute atomic E-state index is 0.190. The Morgan fingerprint density at radius 1 is 1.12 bits per heavy atom. The van der Waals surface area contributed by atoms with Crippen molar-refractivity contribution >= 4 is 17.8 Å². The van der Waals surface area contributed by atoms with Crippen molar-refractivity contribution in [1.82, 2.24) is 14.7 Å². The minimum Gasteiger partial charge on any atom is -0.383 e. The van der Waals surface area contributed by atoms with Gasteiger partial charge in [0.15, 0.2) is 0 Å². The van der Waals surface area contributed by atoms with Crippen molar-refractivity contribution in [3.8, 4) is 0 Å². The molecule has 2 fully saturated rings. The maximum absolute atomic E-state index is 13.0. The molecule has 0 aromatic rings. The molecule has 0 unspecified atom stereocenters. The van der Waals surface area contributed by atoms with Crippen molar-refractivity contribution in [2.24, 2.45) is 0 Å². The SMILES string of the molecule is CCCCN1C(=O)/C(=C2\CCC\C2=C/N(C)C)C(=O)N(C(C)C)C1=O. The number of unbranched alkanes of at least 4 members (excludes halogenated alkanes) is 1. The molecule has 0 spiro atoms. The Labute approximate surface area is 150 Å². The molecule has 1 aliphatic heterocycles. The van der Waals surface area contributed by atoms with E-state index in [1.807, 2.05) is 32.1 Å². The van der Waals surface area contributed by atoms with Gasteiger partial charge in [0.1, 0.15) is 5.57 Å². The topological polar surface area (TPSA) is 60.9 Å². The van der Waals surface area contributed by atoms with Gasteiger partial charge in [-0.05, 0) is 50.7 Å². The van der Waals surface area contributed by atoms with E-state index in [0.717, 1.165) is 36.8 Å². The molecule has 1 saturated carbocycles. The predicted octanol–water partition coefficient (Wildman–Crippen LogP) is 2.91. The fraction of sp³-hybridized carbons (Fsp3) is 0.632.